The van der Waals surface area contributed by atoms with Crippen LogP contribution in [-0.2, 0) is 4.74 Å². The highest BCUT2D eigenvalue weighted by molar-refractivity contribution is 5.37. The van der Waals surface area contributed by atoms with E-state index in [1.54, 1.807) is 0 Å². The monoisotopic (exact) mass is 209 g/mol. The summed E-state index contributed by atoms with van der Waals surface area (Å²) in [6.07, 6.45) is 1.43. The van der Waals surface area contributed by atoms with Gasteiger partial charge in [-0.2, -0.15) is 0 Å². The van der Waals surface area contributed by atoms with Gasteiger partial charge in [-0.15, -0.1) is 0 Å². The minimum Gasteiger partial charge on any atom is -0.372 e. The van der Waals surface area contributed by atoms with Crippen LogP contribution < -0.4 is 10.5 Å². The molecule has 15 heavy (non-hydrogen) atoms. The summed E-state index contributed by atoms with van der Waals surface area (Å²) in [7, 11) is 0. The third-order valence-electron chi connectivity index (χ3n) is 2.41. The van der Waals surface area contributed by atoms with Crippen LogP contribution in [0.2, 0.25) is 0 Å². The smallest absolute Gasteiger partial charge is 0.252 e. The van der Waals surface area contributed by atoms with Crippen molar-refractivity contribution in [1.29, 1.82) is 0 Å². The molecule has 1 aromatic heterocycles. The van der Waals surface area contributed by atoms with Crippen molar-refractivity contribution in [2.24, 2.45) is 0 Å². The van der Waals surface area contributed by atoms with Crippen LogP contribution in [0.1, 0.15) is 13.8 Å². The van der Waals surface area contributed by atoms with E-state index in [1.165, 1.54) is 12.4 Å². The number of ether oxygens (including phenoxy) is 1. The van der Waals surface area contributed by atoms with Crippen LogP contribution in [0.4, 0.5) is 5.82 Å². The second-order valence-electron chi connectivity index (χ2n) is 4.30. The molecule has 2 rings (SSSR count). The second-order valence-corrected chi connectivity index (χ2v) is 4.30. The van der Waals surface area contributed by atoms with Crippen molar-refractivity contribution in [3.05, 3.63) is 22.7 Å². The first-order chi connectivity index (χ1) is 7.07. The molecular weight excluding hydrogens is 194 g/mol. The number of hydrogen-bond acceptors (Lipinski definition) is 4. The van der Waals surface area contributed by atoms with Crippen molar-refractivity contribution in [3.63, 3.8) is 0 Å². The van der Waals surface area contributed by atoms with E-state index in [0.29, 0.717) is 6.61 Å². The zero-order valence-electron chi connectivity index (χ0n) is 8.99. The van der Waals surface area contributed by atoms with Gasteiger partial charge in [-0.05, 0) is 13.8 Å². The zero-order chi connectivity index (χ0) is 10.9. The molecule has 0 spiro atoms. The molecule has 1 fully saturated rings. The molecule has 1 aromatic rings. The van der Waals surface area contributed by atoms with Gasteiger partial charge in [-0.1, -0.05) is 0 Å². The van der Waals surface area contributed by atoms with E-state index in [-0.39, 0.29) is 11.2 Å². The SMILES string of the molecule is CC1(C)CN(c2cc(=O)[nH]cn2)CCO1. The Balaban J connectivity index is 2.21. The first-order valence-corrected chi connectivity index (χ1v) is 5.00. The van der Waals surface area contributed by atoms with Gasteiger partial charge in [0.25, 0.3) is 5.56 Å². The highest BCUT2D eigenvalue weighted by atomic mass is 16.5. The van der Waals surface area contributed by atoms with Crippen LogP contribution in [0.15, 0.2) is 17.2 Å². The Kier molecular flexibility index (Phi) is 2.48. The quantitative estimate of drug-likeness (QED) is 0.726. The van der Waals surface area contributed by atoms with Gasteiger partial charge in [-0.25, -0.2) is 4.98 Å². The topological polar surface area (TPSA) is 58.2 Å². The zero-order valence-corrected chi connectivity index (χ0v) is 8.99. The summed E-state index contributed by atoms with van der Waals surface area (Å²) in [5.74, 6) is 0.718. The van der Waals surface area contributed by atoms with E-state index < -0.39 is 0 Å². The van der Waals surface area contributed by atoms with Gasteiger partial charge in [0.15, 0.2) is 0 Å². The maximum Gasteiger partial charge on any atom is 0.252 e. The molecule has 0 radical (unpaired) electrons. The molecule has 2 heterocycles. The Labute approximate surface area is 88.1 Å². The van der Waals surface area contributed by atoms with Gasteiger partial charge < -0.3 is 14.6 Å². The van der Waals surface area contributed by atoms with Crippen molar-refractivity contribution in [1.82, 2.24) is 9.97 Å². The molecule has 0 atom stereocenters. The van der Waals surface area contributed by atoms with E-state index in [9.17, 15) is 4.79 Å². The lowest BCUT2D eigenvalue weighted by Crippen LogP contribution is -2.48. The van der Waals surface area contributed by atoms with Gasteiger partial charge in [0, 0.05) is 19.2 Å². The molecule has 0 aliphatic carbocycles. The van der Waals surface area contributed by atoms with Crippen molar-refractivity contribution < 1.29 is 4.74 Å². The number of aromatic amines is 1. The molecular formula is C10H15N3O2. The van der Waals surface area contributed by atoms with E-state index in [2.05, 4.69) is 14.9 Å². The third kappa shape index (κ3) is 2.36. The number of aromatic nitrogens is 2. The van der Waals surface area contributed by atoms with E-state index in [1.807, 2.05) is 13.8 Å². The van der Waals surface area contributed by atoms with E-state index >= 15 is 0 Å². The largest absolute Gasteiger partial charge is 0.372 e. The highest BCUT2D eigenvalue weighted by Crippen LogP contribution is 2.19. The summed E-state index contributed by atoms with van der Waals surface area (Å²) in [5, 5.41) is 0. The lowest BCUT2D eigenvalue weighted by Gasteiger charge is -2.38. The fourth-order valence-electron chi connectivity index (χ4n) is 1.74. The van der Waals surface area contributed by atoms with Crippen molar-refractivity contribution >= 4 is 5.82 Å². The van der Waals surface area contributed by atoms with Crippen LogP contribution in [0.25, 0.3) is 0 Å². The molecule has 5 heteroatoms. The first kappa shape index (κ1) is 10.2. The third-order valence-corrected chi connectivity index (χ3v) is 2.41. The van der Waals surface area contributed by atoms with Gasteiger partial charge in [0.1, 0.15) is 5.82 Å². The lowest BCUT2D eigenvalue weighted by molar-refractivity contribution is -0.0279. The molecule has 82 valence electrons. The predicted molar refractivity (Wildman–Crippen MR) is 57.1 cm³/mol. The van der Waals surface area contributed by atoms with E-state index in [4.69, 9.17) is 4.74 Å². The fourth-order valence-corrected chi connectivity index (χ4v) is 1.74. The highest BCUT2D eigenvalue weighted by Gasteiger charge is 2.27. The van der Waals surface area contributed by atoms with Gasteiger partial charge in [0.05, 0.1) is 18.5 Å². The standard InChI is InChI=1S/C10H15N3O2/c1-10(2)6-13(3-4-15-10)8-5-9(14)12-7-11-8/h5,7H,3-4,6H2,1-2H3,(H,11,12,14). The molecule has 1 aliphatic rings. The minimum atomic E-state index is -0.178. The second kappa shape index (κ2) is 3.66. The van der Waals surface area contributed by atoms with Crippen molar-refractivity contribution in [3.8, 4) is 0 Å². The Morgan fingerprint density at radius 3 is 3.07 bits per heavy atom. The fraction of sp³-hybridized carbons (Fsp3) is 0.600. The van der Waals surface area contributed by atoms with Gasteiger partial charge >= 0.3 is 0 Å². The molecule has 0 aromatic carbocycles. The molecule has 0 bridgehead atoms. The van der Waals surface area contributed by atoms with Crippen molar-refractivity contribution in [2.75, 3.05) is 24.6 Å². The lowest BCUT2D eigenvalue weighted by atomic mass is 10.1. The number of nitrogens with zero attached hydrogens (tertiary/aromatic N) is 2. The molecule has 1 saturated heterocycles. The number of morpholine rings is 1. The minimum absolute atomic E-state index is 0.121. The molecule has 5 nitrogen and oxygen atoms in total. The van der Waals surface area contributed by atoms with Crippen LogP contribution in [0, 0.1) is 0 Å². The first-order valence-electron chi connectivity index (χ1n) is 5.00. The molecule has 0 saturated carbocycles. The summed E-state index contributed by atoms with van der Waals surface area (Å²) >= 11 is 0. The number of rotatable bonds is 1. The molecule has 0 amide bonds. The molecule has 1 aliphatic heterocycles. The molecule has 0 unspecified atom stereocenters. The van der Waals surface area contributed by atoms with Crippen LogP contribution in [-0.4, -0.2) is 35.3 Å². The Bertz CT molecular complexity index is 400. The Hall–Kier alpha value is -1.36. The normalized spacial score (nSPS) is 20.3. The maximum atomic E-state index is 11.1. The summed E-state index contributed by atoms with van der Waals surface area (Å²) in [6, 6.07) is 1.52. The number of anilines is 1. The number of H-pyrrole nitrogens is 1. The maximum absolute atomic E-state index is 11.1. The molecule has 1 N–H and O–H groups in total. The predicted octanol–water partition coefficient (Wildman–Crippen LogP) is 0.385. The Morgan fingerprint density at radius 2 is 2.40 bits per heavy atom. The van der Waals surface area contributed by atoms with E-state index in [0.717, 1.165) is 18.9 Å². The van der Waals surface area contributed by atoms with Gasteiger partial charge in [-0.3, -0.25) is 4.79 Å². The van der Waals surface area contributed by atoms with Crippen molar-refractivity contribution in [2.45, 2.75) is 19.4 Å². The Morgan fingerprint density at radius 1 is 1.60 bits per heavy atom. The summed E-state index contributed by atoms with van der Waals surface area (Å²) in [5.41, 5.74) is -0.299. The average molecular weight is 209 g/mol. The summed E-state index contributed by atoms with van der Waals surface area (Å²) in [4.78, 5) is 19.9. The summed E-state index contributed by atoms with van der Waals surface area (Å²) < 4.78 is 5.59. The number of nitrogens with one attached hydrogen (secondary N) is 1. The van der Waals surface area contributed by atoms with Crippen LogP contribution in [0.5, 0.6) is 0 Å². The van der Waals surface area contributed by atoms with Gasteiger partial charge in [0.2, 0.25) is 0 Å². The average Bonchev–Trinajstić information content (AvgIpc) is 2.16. The summed E-state index contributed by atoms with van der Waals surface area (Å²) in [6.45, 7) is 6.27. The van der Waals surface area contributed by atoms with Crippen LogP contribution >= 0.6 is 0 Å². The van der Waals surface area contributed by atoms with Crippen LogP contribution in [0.3, 0.4) is 0 Å². The number of hydrogen-bond donors (Lipinski definition) is 1.